The van der Waals surface area contributed by atoms with Crippen LogP contribution in [-0.4, -0.2) is 35.0 Å². The van der Waals surface area contributed by atoms with Crippen LogP contribution in [0.1, 0.15) is 52.9 Å². The van der Waals surface area contributed by atoms with Crippen molar-refractivity contribution in [2.75, 3.05) is 13.1 Å². The van der Waals surface area contributed by atoms with Crippen LogP contribution in [0.25, 0.3) is 0 Å². The molecule has 2 rings (SSSR count). The van der Waals surface area contributed by atoms with Crippen molar-refractivity contribution in [1.82, 2.24) is 4.90 Å². The molecule has 1 aliphatic heterocycles. The molecule has 0 aromatic rings. The van der Waals surface area contributed by atoms with Gasteiger partial charge in [-0.15, -0.1) is 0 Å². The zero-order valence-corrected chi connectivity index (χ0v) is 12.9. The maximum absolute atomic E-state index is 12.6. The lowest BCUT2D eigenvalue weighted by molar-refractivity contribution is -0.149. The summed E-state index contributed by atoms with van der Waals surface area (Å²) in [6.45, 7) is 7.32. The summed E-state index contributed by atoms with van der Waals surface area (Å²) in [7, 11) is 0. The third kappa shape index (κ3) is 2.33. The number of rotatable bonds is 5. The van der Waals surface area contributed by atoms with Gasteiger partial charge in [-0.2, -0.15) is 0 Å². The van der Waals surface area contributed by atoms with Crippen molar-refractivity contribution in [2.45, 2.75) is 52.9 Å². The fourth-order valence-electron chi connectivity index (χ4n) is 4.29. The number of aliphatic carboxylic acids is 1. The van der Waals surface area contributed by atoms with Gasteiger partial charge in [-0.1, -0.05) is 40.0 Å². The first-order valence-corrected chi connectivity index (χ1v) is 7.98. The van der Waals surface area contributed by atoms with Gasteiger partial charge in [-0.05, 0) is 24.7 Å². The van der Waals surface area contributed by atoms with Crippen LogP contribution >= 0.6 is 0 Å². The molecule has 1 saturated carbocycles. The van der Waals surface area contributed by atoms with Gasteiger partial charge >= 0.3 is 5.97 Å². The molecule has 1 unspecified atom stereocenters. The Morgan fingerprint density at radius 2 is 2.00 bits per heavy atom. The Bertz CT molecular complexity index is 391. The molecule has 0 bridgehead atoms. The van der Waals surface area contributed by atoms with Crippen LogP contribution in [0, 0.1) is 23.2 Å². The molecule has 2 fully saturated rings. The van der Waals surface area contributed by atoms with Crippen molar-refractivity contribution in [2.24, 2.45) is 23.2 Å². The lowest BCUT2D eigenvalue weighted by Crippen LogP contribution is -2.40. The van der Waals surface area contributed by atoms with Gasteiger partial charge in [0, 0.05) is 19.0 Å². The van der Waals surface area contributed by atoms with Crippen molar-refractivity contribution in [3.63, 3.8) is 0 Å². The van der Waals surface area contributed by atoms with Gasteiger partial charge in [0.25, 0.3) is 0 Å². The fourth-order valence-corrected chi connectivity index (χ4v) is 4.29. The SMILES string of the molecule is CCC(CC)C(C)C(=O)N1C[C@@H]2CCC[C@@]2(C(=O)O)C1. The number of carboxylic acids is 1. The lowest BCUT2D eigenvalue weighted by atomic mass is 9.81. The normalized spacial score (nSPS) is 30.6. The molecule has 20 heavy (non-hydrogen) atoms. The monoisotopic (exact) mass is 281 g/mol. The summed E-state index contributed by atoms with van der Waals surface area (Å²) in [5, 5.41) is 9.58. The third-order valence-corrected chi connectivity index (χ3v) is 5.75. The molecule has 0 aromatic heterocycles. The molecule has 1 aliphatic carbocycles. The van der Waals surface area contributed by atoms with Gasteiger partial charge in [0.05, 0.1) is 5.41 Å². The molecular formula is C16H27NO3. The number of carbonyl (C=O) groups excluding carboxylic acids is 1. The molecule has 1 heterocycles. The van der Waals surface area contributed by atoms with Crippen molar-refractivity contribution in [1.29, 1.82) is 0 Å². The minimum atomic E-state index is -0.703. The highest BCUT2D eigenvalue weighted by Crippen LogP contribution is 2.49. The second kappa shape index (κ2) is 5.74. The number of amides is 1. The summed E-state index contributed by atoms with van der Waals surface area (Å²) >= 11 is 0. The minimum Gasteiger partial charge on any atom is -0.481 e. The molecule has 0 radical (unpaired) electrons. The highest BCUT2D eigenvalue weighted by atomic mass is 16.4. The lowest BCUT2D eigenvalue weighted by Gasteiger charge is -2.27. The van der Waals surface area contributed by atoms with Gasteiger partial charge in [-0.25, -0.2) is 0 Å². The Morgan fingerprint density at radius 1 is 1.35 bits per heavy atom. The summed E-state index contributed by atoms with van der Waals surface area (Å²) in [5.41, 5.74) is -0.649. The zero-order valence-electron chi connectivity index (χ0n) is 12.9. The first-order chi connectivity index (χ1) is 9.46. The molecule has 2 aliphatic rings. The molecule has 1 N–H and O–H groups in total. The van der Waals surface area contributed by atoms with Crippen LogP contribution < -0.4 is 0 Å². The molecule has 114 valence electrons. The number of nitrogens with zero attached hydrogens (tertiary/aromatic N) is 1. The van der Waals surface area contributed by atoms with Crippen LogP contribution in [0.5, 0.6) is 0 Å². The molecule has 0 spiro atoms. The quantitative estimate of drug-likeness (QED) is 0.843. The highest BCUT2D eigenvalue weighted by Gasteiger charge is 2.56. The Morgan fingerprint density at radius 3 is 2.50 bits per heavy atom. The van der Waals surface area contributed by atoms with Crippen LogP contribution in [0.3, 0.4) is 0 Å². The van der Waals surface area contributed by atoms with E-state index in [1.807, 2.05) is 11.8 Å². The molecule has 3 atom stereocenters. The average molecular weight is 281 g/mol. The second-order valence-corrected chi connectivity index (χ2v) is 6.63. The van der Waals surface area contributed by atoms with E-state index in [0.717, 1.165) is 32.1 Å². The largest absolute Gasteiger partial charge is 0.481 e. The molecular weight excluding hydrogens is 254 g/mol. The third-order valence-electron chi connectivity index (χ3n) is 5.75. The number of likely N-dealkylation sites (tertiary alicyclic amines) is 1. The smallest absolute Gasteiger partial charge is 0.311 e. The van der Waals surface area contributed by atoms with Crippen molar-refractivity contribution >= 4 is 11.9 Å². The van der Waals surface area contributed by atoms with Crippen molar-refractivity contribution in [3.8, 4) is 0 Å². The first kappa shape index (κ1) is 15.3. The summed E-state index contributed by atoms with van der Waals surface area (Å²) in [4.78, 5) is 26.1. The average Bonchev–Trinajstić information content (AvgIpc) is 2.96. The molecule has 4 nitrogen and oxygen atoms in total. The molecule has 1 saturated heterocycles. The summed E-state index contributed by atoms with van der Waals surface area (Å²) in [6, 6.07) is 0. The van der Waals surface area contributed by atoms with E-state index < -0.39 is 11.4 Å². The maximum Gasteiger partial charge on any atom is 0.311 e. The standard InChI is InChI=1S/C16H27NO3/c1-4-12(5-2)11(3)14(18)17-9-13-7-6-8-16(13,10-17)15(19)20/h11-13H,4-10H2,1-3H3,(H,19,20)/t11?,13-,16+/m0/s1. The van der Waals surface area contributed by atoms with Gasteiger partial charge in [0.15, 0.2) is 0 Å². The Kier molecular flexibility index (Phi) is 4.40. The van der Waals surface area contributed by atoms with Crippen LogP contribution in [-0.2, 0) is 9.59 Å². The summed E-state index contributed by atoms with van der Waals surface area (Å²) in [5.74, 6) is 0.0375. The predicted molar refractivity (Wildman–Crippen MR) is 77.2 cm³/mol. The number of carbonyl (C=O) groups is 2. The number of fused-ring (bicyclic) bond motifs is 1. The first-order valence-electron chi connectivity index (χ1n) is 7.98. The minimum absolute atomic E-state index is 0.00896. The van der Waals surface area contributed by atoms with Gasteiger partial charge in [0.2, 0.25) is 5.91 Å². The van der Waals surface area contributed by atoms with Crippen molar-refractivity contribution in [3.05, 3.63) is 0 Å². The van der Waals surface area contributed by atoms with Gasteiger partial charge in [-0.3, -0.25) is 9.59 Å². The maximum atomic E-state index is 12.6. The molecule has 4 heteroatoms. The summed E-state index contributed by atoms with van der Waals surface area (Å²) < 4.78 is 0. The van der Waals surface area contributed by atoms with E-state index >= 15 is 0 Å². The highest BCUT2D eigenvalue weighted by molar-refractivity contribution is 5.82. The summed E-state index contributed by atoms with van der Waals surface area (Å²) in [6.07, 6.45) is 4.68. The fraction of sp³-hybridized carbons (Fsp3) is 0.875. The van der Waals surface area contributed by atoms with Gasteiger partial charge < -0.3 is 10.0 Å². The Hall–Kier alpha value is -1.06. The van der Waals surface area contributed by atoms with Crippen molar-refractivity contribution < 1.29 is 14.7 Å². The van der Waals surface area contributed by atoms with Crippen LogP contribution in [0.4, 0.5) is 0 Å². The van der Waals surface area contributed by atoms with E-state index in [4.69, 9.17) is 0 Å². The Labute approximate surface area is 121 Å². The molecule has 1 amide bonds. The van der Waals surface area contributed by atoms with E-state index in [-0.39, 0.29) is 17.7 Å². The van der Waals surface area contributed by atoms with E-state index in [1.54, 1.807) is 0 Å². The Balaban J connectivity index is 2.09. The topological polar surface area (TPSA) is 57.6 Å². The molecule has 0 aromatic carbocycles. The van der Waals surface area contributed by atoms with Gasteiger partial charge in [0.1, 0.15) is 0 Å². The van der Waals surface area contributed by atoms with E-state index in [9.17, 15) is 14.7 Å². The van der Waals surface area contributed by atoms with Crippen LogP contribution in [0.15, 0.2) is 0 Å². The second-order valence-electron chi connectivity index (χ2n) is 6.63. The zero-order chi connectivity index (χ0) is 14.9. The predicted octanol–water partition coefficient (Wildman–Crippen LogP) is 2.77. The van der Waals surface area contributed by atoms with E-state index in [1.165, 1.54) is 0 Å². The number of hydrogen-bond donors (Lipinski definition) is 1. The number of carboxylic acid groups (broad SMARTS) is 1. The number of hydrogen-bond acceptors (Lipinski definition) is 2. The van der Waals surface area contributed by atoms with E-state index in [2.05, 4.69) is 13.8 Å². The van der Waals surface area contributed by atoms with E-state index in [0.29, 0.717) is 19.0 Å². The van der Waals surface area contributed by atoms with Crippen LogP contribution in [0.2, 0.25) is 0 Å².